The first kappa shape index (κ1) is 47.4. The molecule has 21 heterocycles. The van der Waals surface area contributed by atoms with Crippen LogP contribution in [0.3, 0.4) is 0 Å². The van der Waals surface area contributed by atoms with Gasteiger partial charge in [-0.3, -0.25) is 137 Å². The van der Waals surface area contributed by atoms with Gasteiger partial charge < -0.3 is 5.48 Å². The molecule has 43 nitrogen and oxygen atoms in total. The highest BCUT2D eigenvalue weighted by molar-refractivity contribution is 5.96. The molecule has 21 rings (SSSR count). The van der Waals surface area contributed by atoms with Crippen molar-refractivity contribution in [2.75, 3.05) is 93.4 Å². The van der Waals surface area contributed by atoms with Crippen LogP contribution in [0.25, 0.3) is 0 Å². The number of urea groups is 14. The van der Waals surface area contributed by atoms with E-state index in [0.717, 1.165) is 0 Å². The minimum Gasteiger partial charge on any atom is -0.412 e. The topological polar surface area (TPSA) is 361 Å². The molecule has 2 N–H and O–H groups in total. The lowest BCUT2D eigenvalue weighted by Gasteiger charge is -2.42. The van der Waals surface area contributed by atoms with E-state index in [1.165, 1.54) is 137 Å². The Morgan fingerprint density at radius 3 is 0.233 bits per heavy atom. The fraction of sp³-hybridized carbons (Fsp3) is 0.667. The molecule has 450 valence electrons. The Hall–Kier alpha value is -9.97. The molecule has 21 aliphatic heterocycles. The van der Waals surface area contributed by atoms with Crippen molar-refractivity contribution in [3.8, 4) is 0 Å². The zero-order valence-electron chi connectivity index (χ0n) is 44.1. The normalized spacial score (nSPS) is 39.4. The van der Waals surface area contributed by atoms with Gasteiger partial charge in [-0.25, -0.2) is 67.1 Å². The van der Waals surface area contributed by atoms with Crippen LogP contribution >= 0.6 is 12.4 Å². The Bertz CT molecular complexity index is 2550. The Balaban J connectivity index is 0.00000262. The highest BCUT2D eigenvalue weighted by Crippen LogP contribution is 2.52. The largest absolute Gasteiger partial charge is 0.412 e. The van der Waals surface area contributed by atoms with Gasteiger partial charge in [0.05, 0.1) is 0 Å². The van der Waals surface area contributed by atoms with Gasteiger partial charge >= 0.3 is 84.4 Å². The van der Waals surface area contributed by atoms with Crippen molar-refractivity contribution >= 4 is 96.8 Å². The molecule has 28 amide bonds. The van der Waals surface area contributed by atoms with Crippen LogP contribution in [0.2, 0.25) is 0 Å². The summed E-state index contributed by atoms with van der Waals surface area (Å²) in [5.74, 6) is 0. The van der Waals surface area contributed by atoms with E-state index in [2.05, 4.69) is 0 Å². The van der Waals surface area contributed by atoms with Gasteiger partial charge in [-0.05, 0) is 0 Å². The molecule has 0 aromatic carbocycles. The van der Waals surface area contributed by atoms with E-state index in [1.807, 2.05) is 0 Å². The first-order valence-electron chi connectivity index (χ1n) is 27.5. The van der Waals surface area contributed by atoms with Crippen LogP contribution < -0.4 is 0 Å². The Kier molecular flexibility index (Phi) is 7.66. The number of hydrogen-bond acceptors (Lipinski definition) is 14. The maximum Gasteiger partial charge on any atom is 0.326 e. The zero-order chi connectivity index (χ0) is 56.2. The summed E-state index contributed by atoms with van der Waals surface area (Å²) in [5.41, 5.74) is 0. The number of carbonyl (C=O) groups excluding carboxylic acids is 14. The number of rotatable bonds is 0. The molecule has 0 radical (unpaired) electrons. The van der Waals surface area contributed by atoms with Gasteiger partial charge in [0.1, 0.15) is 93.4 Å². The number of hydrogen-bond donors (Lipinski definition) is 0. The van der Waals surface area contributed by atoms with Crippen molar-refractivity contribution in [2.24, 2.45) is 0 Å². The molecule has 0 saturated carbocycles. The number of nitrogens with zero attached hydrogens (tertiary/aromatic N) is 28. The molecule has 0 aromatic rings. The van der Waals surface area contributed by atoms with E-state index in [9.17, 15) is 0 Å². The highest BCUT2D eigenvalue weighted by atomic mass is 35.5. The predicted octanol–water partition coefficient (Wildman–Crippen LogP) is -7.01. The third-order valence-electron chi connectivity index (χ3n) is 22.0. The molecule has 0 bridgehead atoms. The quantitative estimate of drug-likeness (QED) is 0.218. The summed E-state index contributed by atoms with van der Waals surface area (Å²) in [6.07, 6.45) is -17.2. The zero-order valence-corrected chi connectivity index (χ0v) is 44.9. The van der Waals surface area contributed by atoms with E-state index in [-0.39, 0.29) is 17.9 Å². The van der Waals surface area contributed by atoms with Gasteiger partial charge in [-0.1, -0.05) is 0 Å². The van der Waals surface area contributed by atoms with E-state index in [4.69, 9.17) is 0 Å². The lowest BCUT2D eigenvalue weighted by molar-refractivity contribution is -0.0191. The summed E-state index contributed by atoms with van der Waals surface area (Å²) in [7, 11) is 0. The lowest BCUT2D eigenvalue weighted by Crippen LogP contribution is -2.63. The van der Waals surface area contributed by atoms with E-state index in [0.29, 0.717) is 0 Å². The molecule has 0 aromatic heterocycles. The average molecular weight is 1220 g/mol. The second kappa shape index (κ2) is 13.9. The third kappa shape index (κ3) is 4.45. The van der Waals surface area contributed by atoms with Crippen molar-refractivity contribution in [3.05, 3.63) is 0 Å². The van der Waals surface area contributed by atoms with Gasteiger partial charge in [-0.15, -0.1) is 12.4 Å². The summed E-state index contributed by atoms with van der Waals surface area (Å²) in [4.78, 5) is 251. The summed E-state index contributed by atoms with van der Waals surface area (Å²) in [5, 5.41) is 0. The summed E-state index contributed by atoms with van der Waals surface area (Å²) >= 11 is 0. The van der Waals surface area contributed by atoms with Gasteiger partial charge in [0.25, 0.3) is 0 Å². The number of carbonyl (C=O) groups is 14. The predicted molar refractivity (Wildman–Crippen MR) is 259 cm³/mol. The van der Waals surface area contributed by atoms with Crippen LogP contribution in [0.15, 0.2) is 0 Å². The first-order chi connectivity index (χ1) is 40.5. The highest BCUT2D eigenvalue weighted by Gasteiger charge is 2.77. The molecule has 0 aliphatic carbocycles. The molecule has 0 unspecified atom stereocenters. The molecule has 0 spiro atoms. The maximum atomic E-state index is 15.3. The van der Waals surface area contributed by atoms with Gasteiger partial charge in [0.15, 0.2) is 86.3 Å². The molecule has 21 aliphatic rings. The molecule has 86 heavy (non-hydrogen) atoms. The van der Waals surface area contributed by atoms with Crippen molar-refractivity contribution < 1.29 is 72.6 Å². The van der Waals surface area contributed by atoms with E-state index < -0.39 is 264 Å². The van der Waals surface area contributed by atoms with Crippen molar-refractivity contribution in [2.45, 2.75) is 86.3 Å². The molecular weight excluding hydrogens is 1170 g/mol. The molecule has 21 saturated heterocycles. The van der Waals surface area contributed by atoms with Gasteiger partial charge in [-0.2, -0.15) is 0 Å². The standard InChI is InChI=1S/C42H42N28O14.ClH.H2O/c71-29-43-1-44-16-18-48(30(44)72)4-52-20-22-56(34(52)76)8-60-24-26-64(38(60)80)12-68-28-27-67(41(68)83)11-63-25-23-59(37(63)79)7-55-21-19-51(33(55)75)3-47(29)17-15(43)45-2-46(16)32(74)50(18)6-54(20)36(78)58(22)10-62(24)40(82)66(26)14-70(28)42(84)69(27)13-65(25)39(81)61(23)9-57(21)35(77)53(19)5-49(17)31(45)73;;/h15-28H,1-14H2;1H;1H2. The van der Waals surface area contributed by atoms with Crippen molar-refractivity contribution in [1.29, 1.82) is 0 Å². The molecule has 44 heteroatoms. The second-order valence-corrected chi connectivity index (χ2v) is 24.9. The minimum atomic E-state index is -1.23. The number of amides is 28. The van der Waals surface area contributed by atoms with Crippen LogP contribution in [0.5, 0.6) is 0 Å². The fourth-order valence-electron chi connectivity index (χ4n) is 18.7. The SMILES string of the molecule is Cl.O.O=C1N2CN3C(=O)N4CN5C(=O)N6CN7C(=O)N8CN9C(=O)N%10CN%11C(=O)N%12CN%13C(=O)N%14CN1C1C2N2CN%15C(=O)N(CN%16C(=O)N(CN%17C(=O)N(CN%18C(=O)N(CN%19C(=O)N(CN%20C(=O)N(CN1C2=O)C%14C%13%20)C%12C%11%19)C%10C9%18)C8C7%17)C6C5%16)C4C3%15. The minimum absolute atomic E-state index is 0. The van der Waals surface area contributed by atoms with E-state index >= 15 is 67.1 Å². The van der Waals surface area contributed by atoms with Crippen LogP contribution in [-0.4, -0.2) is 407 Å². The summed E-state index contributed by atoms with van der Waals surface area (Å²) in [6, 6.07) is -9.95. The smallest absolute Gasteiger partial charge is 0.326 e. The van der Waals surface area contributed by atoms with Crippen LogP contribution in [0, 0.1) is 0 Å². The molecular formula is C42H45ClN28O15. The fourth-order valence-corrected chi connectivity index (χ4v) is 18.7. The molecule has 0 atom stereocenters. The van der Waals surface area contributed by atoms with Crippen molar-refractivity contribution in [3.63, 3.8) is 0 Å². The monoisotopic (exact) mass is 1220 g/mol. The van der Waals surface area contributed by atoms with Gasteiger partial charge in [0, 0.05) is 0 Å². The summed E-state index contributed by atoms with van der Waals surface area (Å²) in [6.45, 7) is -7.10. The van der Waals surface area contributed by atoms with Gasteiger partial charge in [0.2, 0.25) is 0 Å². The Morgan fingerprint density at radius 1 is 0.140 bits per heavy atom. The van der Waals surface area contributed by atoms with E-state index in [1.54, 1.807) is 0 Å². The second-order valence-electron chi connectivity index (χ2n) is 24.9. The maximum absolute atomic E-state index is 15.3. The third-order valence-corrected chi connectivity index (χ3v) is 22.0. The van der Waals surface area contributed by atoms with Crippen molar-refractivity contribution in [1.82, 2.24) is 137 Å². The Morgan fingerprint density at radius 2 is 0.186 bits per heavy atom. The lowest BCUT2D eigenvalue weighted by atomic mass is 10.3. The van der Waals surface area contributed by atoms with Crippen LogP contribution in [0.4, 0.5) is 67.1 Å². The number of halogens is 1. The average Bonchev–Trinajstić information content (AvgIpc) is 1.54. The van der Waals surface area contributed by atoms with Crippen LogP contribution in [-0.2, 0) is 0 Å². The Labute approximate surface area is 485 Å². The van der Waals surface area contributed by atoms with Crippen LogP contribution in [0.1, 0.15) is 0 Å². The summed E-state index contributed by atoms with van der Waals surface area (Å²) < 4.78 is 0. The molecule has 21 fully saturated rings. The first-order valence-corrected chi connectivity index (χ1v) is 27.5.